The molecule has 7 nitrogen and oxygen atoms in total. The third-order valence-electron chi connectivity index (χ3n) is 4.32. The predicted molar refractivity (Wildman–Crippen MR) is 80.1 cm³/mol. The van der Waals surface area contributed by atoms with Crippen molar-refractivity contribution >= 4 is 17.7 Å². The molecule has 2 rings (SSSR count). The molecule has 3 amide bonds. The first-order valence-corrected chi connectivity index (χ1v) is 7.88. The second kappa shape index (κ2) is 7.09. The Kier molecular flexibility index (Phi) is 5.39. The van der Waals surface area contributed by atoms with Gasteiger partial charge in [0.15, 0.2) is 5.60 Å². The quantitative estimate of drug-likeness (QED) is 0.759. The largest absolute Gasteiger partial charge is 0.362 e. The minimum atomic E-state index is -0.979. The van der Waals surface area contributed by atoms with E-state index in [1.165, 1.54) is 0 Å². The van der Waals surface area contributed by atoms with Gasteiger partial charge >= 0.3 is 0 Å². The fourth-order valence-electron chi connectivity index (χ4n) is 3.00. The fourth-order valence-corrected chi connectivity index (χ4v) is 3.00. The minimum Gasteiger partial charge on any atom is -0.362 e. The lowest BCUT2D eigenvalue weighted by Gasteiger charge is -2.39. The molecule has 0 saturated carbocycles. The molecule has 0 aromatic heterocycles. The average Bonchev–Trinajstić information content (AvgIpc) is 2.91. The molecule has 1 unspecified atom stereocenters. The lowest BCUT2D eigenvalue weighted by atomic mass is 10.0. The summed E-state index contributed by atoms with van der Waals surface area (Å²) in [5, 5.41) is 2.57. The fraction of sp³-hybridized carbons (Fsp3) is 0.800. The van der Waals surface area contributed by atoms with Gasteiger partial charge in [-0.05, 0) is 19.8 Å². The highest BCUT2D eigenvalue weighted by Gasteiger charge is 2.40. The molecule has 1 atom stereocenters. The molecule has 1 N–H and O–H groups in total. The van der Waals surface area contributed by atoms with Gasteiger partial charge in [-0.2, -0.15) is 0 Å². The molecule has 124 valence electrons. The normalized spacial score (nSPS) is 25.5. The highest BCUT2D eigenvalue weighted by molar-refractivity contribution is 5.86. The number of nitrogens with one attached hydrogen (secondary N) is 1. The van der Waals surface area contributed by atoms with Crippen LogP contribution in [0.2, 0.25) is 0 Å². The topological polar surface area (TPSA) is 79.0 Å². The van der Waals surface area contributed by atoms with Gasteiger partial charge in [0.2, 0.25) is 11.8 Å². The van der Waals surface area contributed by atoms with Crippen LogP contribution < -0.4 is 5.32 Å². The van der Waals surface area contributed by atoms with Gasteiger partial charge in [-0.3, -0.25) is 14.4 Å². The number of hydrogen-bond acceptors (Lipinski definition) is 4. The zero-order valence-corrected chi connectivity index (χ0v) is 13.4. The van der Waals surface area contributed by atoms with Crippen LogP contribution in [0.25, 0.3) is 0 Å². The van der Waals surface area contributed by atoms with Crippen molar-refractivity contribution in [2.45, 2.75) is 38.2 Å². The molecule has 0 aromatic carbocycles. The van der Waals surface area contributed by atoms with E-state index in [2.05, 4.69) is 5.32 Å². The van der Waals surface area contributed by atoms with Crippen LogP contribution in [0.15, 0.2) is 0 Å². The minimum absolute atomic E-state index is 0.0186. The van der Waals surface area contributed by atoms with Gasteiger partial charge in [-0.1, -0.05) is 0 Å². The number of ether oxygens (including phenoxy) is 1. The second-order valence-corrected chi connectivity index (χ2v) is 6.06. The van der Waals surface area contributed by atoms with Gasteiger partial charge in [-0.25, -0.2) is 0 Å². The number of rotatable bonds is 5. The van der Waals surface area contributed by atoms with Crippen LogP contribution in [-0.4, -0.2) is 73.0 Å². The summed E-state index contributed by atoms with van der Waals surface area (Å²) in [5.41, 5.74) is -0.979. The summed E-state index contributed by atoms with van der Waals surface area (Å²) in [5.74, 6) is -0.0104. The van der Waals surface area contributed by atoms with Crippen LogP contribution in [0.4, 0.5) is 0 Å². The Morgan fingerprint density at radius 1 is 1.36 bits per heavy atom. The molecule has 7 heteroatoms. The van der Waals surface area contributed by atoms with E-state index in [4.69, 9.17) is 4.74 Å². The van der Waals surface area contributed by atoms with Crippen LogP contribution in [0.3, 0.4) is 0 Å². The molecule has 2 aliphatic rings. The molecule has 2 heterocycles. The van der Waals surface area contributed by atoms with E-state index in [0.29, 0.717) is 39.0 Å². The number of carbonyl (C=O) groups excluding carboxylic acids is 3. The molecule has 0 aromatic rings. The average molecular weight is 311 g/mol. The molecule has 0 bridgehead atoms. The number of nitrogens with zero attached hydrogens (tertiary/aromatic N) is 2. The Bertz CT molecular complexity index is 454. The standard InChI is InChI=1S/C15H25N3O4/c1-15(14(21)16-2)11-18(9-10-22-15)13(20)6-4-8-17-7-3-5-12(17)19/h3-11H2,1-2H3,(H,16,21). The first kappa shape index (κ1) is 16.7. The predicted octanol–water partition coefficient (Wildman–Crippen LogP) is -0.247. The van der Waals surface area contributed by atoms with E-state index >= 15 is 0 Å². The van der Waals surface area contributed by atoms with Gasteiger partial charge in [-0.15, -0.1) is 0 Å². The number of carbonyl (C=O) groups is 3. The SMILES string of the molecule is CNC(=O)C1(C)CN(C(=O)CCCN2CCCC2=O)CCO1. The van der Waals surface area contributed by atoms with Crippen molar-refractivity contribution in [1.82, 2.24) is 15.1 Å². The molecule has 0 radical (unpaired) electrons. The monoisotopic (exact) mass is 311 g/mol. The van der Waals surface area contributed by atoms with Crippen LogP contribution in [-0.2, 0) is 19.1 Å². The van der Waals surface area contributed by atoms with Crippen molar-refractivity contribution < 1.29 is 19.1 Å². The number of likely N-dealkylation sites (tertiary alicyclic amines) is 1. The van der Waals surface area contributed by atoms with Gasteiger partial charge in [0.25, 0.3) is 5.91 Å². The Hall–Kier alpha value is -1.63. The van der Waals surface area contributed by atoms with E-state index in [1.54, 1.807) is 18.9 Å². The van der Waals surface area contributed by atoms with E-state index in [-0.39, 0.29) is 24.3 Å². The summed E-state index contributed by atoms with van der Waals surface area (Å²) >= 11 is 0. The summed E-state index contributed by atoms with van der Waals surface area (Å²) in [7, 11) is 1.56. The Morgan fingerprint density at radius 3 is 2.77 bits per heavy atom. The Balaban J connectivity index is 1.79. The van der Waals surface area contributed by atoms with Crippen LogP contribution in [0, 0.1) is 0 Å². The van der Waals surface area contributed by atoms with Crippen molar-refractivity contribution in [3.8, 4) is 0 Å². The summed E-state index contributed by atoms with van der Waals surface area (Å²) in [6.07, 6.45) is 2.61. The molecule has 2 aliphatic heterocycles. The maximum absolute atomic E-state index is 12.3. The number of hydrogen-bond donors (Lipinski definition) is 1. The third kappa shape index (κ3) is 3.76. The zero-order valence-electron chi connectivity index (χ0n) is 13.4. The number of amides is 3. The van der Waals surface area contributed by atoms with E-state index < -0.39 is 5.60 Å². The zero-order chi connectivity index (χ0) is 16.2. The van der Waals surface area contributed by atoms with E-state index in [0.717, 1.165) is 13.0 Å². The van der Waals surface area contributed by atoms with Gasteiger partial charge in [0.05, 0.1) is 13.2 Å². The van der Waals surface area contributed by atoms with E-state index in [9.17, 15) is 14.4 Å². The van der Waals surface area contributed by atoms with Crippen molar-refractivity contribution in [2.24, 2.45) is 0 Å². The van der Waals surface area contributed by atoms with E-state index in [1.807, 2.05) is 4.90 Å². The second-order valence-electron chi connectivity index (χ2n) is 6.06. The molecule has 2 saturated heterocycles. The summed E-state index contributed by atoms with van der Waals surface area (Å²) < 4.78 is 5.54. The molecular weight excluding hydrogens is 286 g/mol. The highest BCUT2D eigenvalue weighted by atomic mass is 16.5. The summed E-state index contributed by atoms with van der Waals surface area (Å²) in [6, 6.07) is 0. The summed E-state index contributed by atoms with van der Waals surface area (Å²) in [6.45, 7) is 4.29. The maximum Gasteiger partial charge on any atom is 0.253 e. The van der Waals surface area contributed by atoms with Crippen LogP contribution >= 0.6 is 0 Å². The smallest absolute Gasteiger partial charge is 0.253 e. The highest BCUT2D eigenvalue weighted by Crippen LogP contribution is 2.19. The van der Waals surface area contributed by atoms with Crippen molar-refractivity contribution in [1.29, 1.82) is 0 Å². The molecule has 0 aliphatic carbocycles. The van der Waals surface area contributed by atoms with Gasteiger partial charge in [0.1, 0.15) is 0 Å². The van der Waals surface area contributed by atoms with Gasteiger partial charge in [0, 0.05) is 39.5 Å². The first-order valence-electron chi connectivity index (χ1n) is 7.88. The van der Waals surface area contributed by atoms with Gasteiger partial charge < -0.3 is 19.9 Å². The molecule has 0 spiro atoms. The van der Waals surface area contributed by atoms with Crippen molar-refractivity contribution in [3.63, 3.8) is 0 Å². The first-order chi connectivity index (χ1) is 10.5. The molecule has 22 heavy (non-hydrogen) atoms. The third-order valence-corrected chi connectivity index (χ3v) is 4.32. The lowest BCUT2D eigenvalue weighted by molar-refractivity contribution is -0.162. The summed E-state index contributed by atoms with van der Waals surface area (Å²) in [4.78, 5) is 39.2. The van der Waals surface area contributed by atoms with Crippen molar-refractivity contribution in [3.05, 3.63) is 0 Å². The van der Waals surface area contributed by atoms with Crippen LogP contribution in [0.5, 0.6) is 0 Å². The van der Waals surface area contributed by atoms with Crippen LogP contribution in [0.1, 0.15) is 32.6 Å². The lowest BCUT2D eigenvalue weighted by Crippen LogP contribution is -2.58. The molecular formula is C15H25N3O4. The molecule has 2 fully saturated rings. The Morgan fingerprint density at radius 2 is 2.14 bits per heavy atom. The number of morpholine rings is 1. The Labute approximate surface area is 131 Å². The maximum atomic E-state index is 12.3. The number of likely N-dealkylation sites (N-methyl/N-ethyl adjacent to an activating group) is 1. The van der Waals surface area contributed by atoms with Crippen molar-refractivity contribution in [2.75, 3.05) is 39.8 Å².